The van der Waals surface area contributed by atoms with Crippen molar-refractivity contribution in [3.8, 4) is 0 Å². The molecule has 0 aliphatic carbocycles. The number of unbranched alkanes of at least 4 members (excludes halogenated alkanes) is 18. The maximum Gasteiger partial charge on any atom is 0.306 e. The van der Waals surface area contributed by atoms with Gasteiger partial charge in [0.15, 0.2) is 6.29 Å². The number of carbonyl (C=O) groups excluding carboxylic acids is 1. The monoisotopic (exact) mass is 618 g/mol. The van der Waals surface area contributed by atoms with Gasteiger partial charge in [0.25, 0.3) is 0 Å². The molecule has 0 radical (unpaired) electrons. The highest BCUT2D eigenvalue weighted by Crippen LogP contribution is 2.22. The van der Waals surface area contributed by atoms with Crippen LogP contribution in [0.5, 0.6) is 0 Å². The van der Waals surface area contributed by atoms with E-state index in [4.69, 9.17) is 18.9 Å². The molecule has 0 amide bonds. The minimum atomic E-state index is -1.53. The summed E-state index contributed by atoms with van der Waals surface area (Å²) in [5.74, 6) is -0.315. The molecule has 0 saturated carbocycles. The average molecular weight is 619 g/mol. The van der Waals surface area contributed by atoms with E-state index in [1.165, 1.54) is 96.3 Å². The molecule has 1 saturated heterocycles. The molecular weight excluding hydrogens is 552 g/mol. The van der Waals surface area contributed by atoms with Crippen molar-refractivity contribution < 1.29 is 44.2 Å². The van der Waals surface area contributed by atoms with Gasteiger partial charge in [-0.15, -0.1) is 0 Å². The van der Waals surface area contributed by atoms with Crippen LogP contribution in [-0.4, -0.2) is 89.6 Å². The first-order chi connectivity index (χ1) is 20.9. The van der Waals surface area contributed by atoms with E-state index in [0.717, 1.165) is 32.1 Å². The highest BCUT2D eigenvalue weighted by molar-refractivity contribution is 5.69. The number of esters is 1. The van der Waals surface area contributed by atoms with Gasteiger partial charge in [0.2, 0.25) is 0 Å². The molecule has 6 atom stereocenters. The molecule has 9 heteroatoms. The molecule has 4 N–H and O–H groups in total. The third-order valence-electron chi connectivity index (χ3n) is 8.27. The Hall–Kier alpha value is -0.810. The van der Waals surface area contributed by atoms with E-state index < -0.39 is 43.4 Å². The third-order valence-corrected chi connectivity index (χ3v) is 8.27. The molecule has 1 fully saturated rings. The zero-order valence-electron chi connectivity index (χ0n) is 27.5. The molecule has 1 aliphatic heterocycles. The SMILES string of the molecule is CCCCCCCCCCCCCC(=O)OC(COCCCCCCCCCCC)COC1OC(CO)C(O)C(O)C1O. The van der Waals surface area contributed by atoms with Crippen LogP contribution < -0.4 is 0 Å². The minimum absolute atomic E-state index is 0.107. The molecule has 0 spiro atoms. The van der Waals surface area contributed by atoms with E-state index in [2.05, 4.69) is 13.8 Å². The van der Waals surface area contributed by atoms with Crippen LogP contribution in [-0.2, 0) is 23.7 Å². The van der Waals surface area contributed by atoms with Crippen LogP contribution in [0.1, 0.15) is 149 Å². The number of ether oxygens (including phenoxy) is 4. The Labute approximate surface area is 262 Å². The number of rotatable bonds is 29. The molecule has 0 aromatic heterocycles. The number of hydrogen-bond acceptors (Lipinski definition) is 9. The Kier molecular flexibility index (Phi) is 25.7. The Morgan fingerprint density at radius 2 is 1.14 bits per heavy atom. The van der Waals surface area contributed by atoms with E-state index >= 15 is 0 Å². The second-order valence-corrected chi connectivity index (χ2v) is 12.3. The summed E-state index contributed by atoms with van der Waals surface area (Å²) in [4.78, 5) is 12.6. The zero-order chi connectivity index (χ0) is 31.5. The van der Waals surface area contributed by atoms with E-state index in [1.807, 2.05) is 0 Å². The molecule has 9 nitrogen and oxygen atoms in total. The van der Waals surface area contributed by atoms with Gasteiger partial charge in [-0.3, -0.25) is 4.79 Å². The average Bonchev–Trinajstić information content (AvgIpc) is 3.00. The second kappa shape index (κ2) is 27.5. The highest BCUT2D eigenvalue weighted by Gasteiger charge is 2.44. The predicted octanol–water partition coefficient (Wildman–Crippen LogP) is 5.96. The normalized spacial score (nSPS) is 23.0. The van der Waals surface area contributed by atoms with Gasteiger partial charge in [-0.25, -0.2) is 0 Å². The summed E-state index contributed by atoms with van der Waals surface area (Å²) in [5, 5.41) is 39.8. The molecule has 1 heterocycles. The Morgan fingerprint density at radius 3 is 1.65 bits per heavy atom. The van der Waals surface area contributed by atoms with Crippen molar-refractivity contribution in [2.75, 3.05) is 26.4 Å². The van der Waals surface area contributed by atoms with Crippen molar-refractivity contribution in [1.82, 2.24) is 0 Å². The van der Waals surface area contributed by atoms with Crippen LogP contribution in [0.2, 0.25) is 0 Å². The lowest BCUT2D eigenvalue weighted by molar-refractivity contribution is -0.305. The van der Waals surface area contributed by atoms with Gasteiger partial charge < -0.3 is 39.4 Å². The van der Waals surface area contributed by atoms with Crippen molar-refractivity contribution in [3.05, 3.63) is 0 Å². The quantitative estimate of drug-likeness (QED) is 0.0591. The standard InChI is InChI=1S/C34H66O9/c1-3-5-7-9-11-13-14-15-17-19-21-23-30(36)42-28(26-40-24-22-20-18-16-12-10-8-6-4-2)27-41-34-33(39)32(38)31(37)29(25-35)43-34/h28-29,31-35,37-39H,3-27H2,1-2H3. The van der Waals surface area contributed by atoms with Gasteiger partial charge in [0.1, 0.15) is 30.5 Å². The Bertz CT molecular complexity index is 633. The molecule has 1 rings (SSSR count). The third kappa shape index (κ3) is 20.0. The molecule has 256 valence electrons. The first-order valence-corrected chi connectivity index (χ1v) is 17.6. The smallest absolute Gasteiger partial charge is 0.306 e. The van der Waals surface area contributed by atoms with Gasteiger partial charge in [0.05, 0.1) is 19.8 Å². The largest absolute Gasteiger partial charge is 0.457 e. The summed E-state index contributed by atoms with van der Waals surface area (Å²) in [6.45, 7) is 4.53. The number of carbonyl (C=O) groups is 1. The molecule has 0 aromatic carbocycles. The first-order valence-electron chi connectivity index (χ1n) is 17.6. The van der Waals surface area contributed by atoms with Crippen LogP contribution in [0.4, 0.5) is 0 Å². The summed E-state index contributed by atoms with van der Waals surface area (Å²) in [5.41, 5.74) is 0. The number of hydrogen-bond donors (Lipinski definition) is 4. The number of aliphatic hydroxyl groups excluding tert-OH is 4. The fraction of sp³-hybridized carbons (Fsp3) is 0.971. The fourth-order valence-electron chi connectivity index (χ4n) is 5.43. The van der Waals surface area contributed by atoms with Crippen molar-refractivity contribution >= 4 is 5.97 Å². The van der Waals surface area contributed by atoms with Gasteiger partial charge >= 0.3 is 5.97 Å². The van der Waals surface area contributed by atoms with E-state index in [-0.39, 0.29) is 19.2 Å². The molecule has 1 aliphatic rings. The lowest BCUT2D eigenvalue weighted by Gasteiger charge is -2.39. The van der Waals surface area contributed by atoms with Crippen molar-refractivity contribution in [1.29, 1.82) is 0 Å². The maximum atomic E-state index is 12.6. The lowest BCUT2D eigenvalue weighted by atomic mass is 9.99. The van der Waals surface area contributed by atoms with Gasteiger partial charge in [0, 0.05) is 13.0 Å². The fourth-order valence-corrected chi connectivity index (χ4v) is 5.43. The van der Waals surface area contributed by atoms with Crippen molar-refractivity contribution in [2.45, 2.75) is 185 Å². The summed E-state index contributed by atoms with van der Waals surface area (Å²) in [6, 6.07) is 0. The minimum Gasteiger partial charge on any atom is -0.457 e. The van der Waals surface area contributed by atoms with Crippen molar-refractivity contribution in [2.24, 2.45) is 0 Å². The predicted molar refractivity (Wildman–Crippen MR) is 169 cm³/mol. The second-order valence-electron chi connectivity index (χ2n) is 12.3. The summed E-state index contributed by atoms with van der Waals surface area (Å²) in [6.07, 6.45) is 17.0. The number of aliphatic hydroxyl groups is 4. The van der Waals surface area contributed by atoms with E-state index in [0.29, 0.717) is 13.0 Å². The summed E-state index contributed by atoms with van der Waals surface area (Å²) >= 11 is 0. The molecular formula is C34H66O9. The van der Waals surface area contributed by atoms with Crippen LogP contribution >= 0.6 is 0 Å². The molecule has 0 bridgehead atoms. The van der Waals surface area contributed by atoms with E-state index in [1.54, 1.807) is 0 Å². The highest BCUT2D eigenvalue weighted by atomic mass is 16.7. The summed E-state index contributed by atoms with van der Waals surface area (Å²) in [7, 11) is 0. The summed E-state index contributed by atoms with van der Waals surface area (Å²) < 4.78 is 22.6. The molecule has 0 aromatic rings. The van der Waals surface area contributed by atoms with Crippen LogP contribution in [0, 0.1) is 0 Å². The van der Waals surface area contributed by atoms with Crippen molar-refractivity contribution in [3.63, 3.8) is 0 Å². The van der Waals surface area contributed by atoms with Crippen LogP contribution in [0.25, 0.3) is 0 Å². The van der Waals surface area contributed by atoms with Gasteiger partial charge in [-0.05, 0) is 12.8 Å². The zero-order valence-corrected chi connectivity index (χ0v) is 27.5. The molecule has 43 heavy (non-hydrogen) atoms. The van der Waals surface area contributed by atoms with Gasteiger partial charge in [-0.2, -0.15) is 0 Å². The Morgan fingerprint density at radius 1 is 0.651 bits per heavy atom. The molecule has 6 unspecified atom stereocenters. The van der Waals surface area contributed by atoms with Crippen LogP contribution in [0.15, 0.2) is 0 Å². The first kappa shape index (κ1) is 40.2. The maximum absolute atomic E-state index is 12.6. The Balaban J connectivity index is 2.37. The van der Waals surface area contributed by atoms with Crippen LogP contribution in [0.3, 0.4) is 0 Å². The lowest BCUT2D eigenvalue weighted by Crippen LogP contribution is -2.59. The van der Waals surface area contributed by atoms with Gasteiger partial charge in [-0.1, -0.05) is 129 Å². The topological polar surface area (TPSA) is 135 Å². The van der Waals surface area contributed by atoms with E-state index in [9.17, 15) is 25.2 Å².